The first kappa shape index (κ1) is 5.28. The number of aromatic nitrogens is 2. The van der Waals surface area contributed by atoms with Gasteiger partial charge in [0.05, 0.1) is 0 Å². The lowest BCUT2D eigenvalue weighted by Gasteiger charge is -1.96. The van der Waals surface area contributed by atoms with E-state index >= 15 is 0 Å². The highest BCUT2D eigenvalue weighted by Crippen LogP contribution is 1.99. The fourth-order valence-electron chi connectivity index (χ4n) is 0.883. The Balaban J connectivity index is 2.70. The summed E-state index contributed by atoms with van der Waals surface area (Å²) in [5, 5.41) is 2.88. The van der Waals surface area contributed by atoms with Crippen molar-refractivity contribution in [1.29, 1.82) is 0 Å². The van der Waals surface area contributed by atoms with Gasteiger partial charge in [-0.2, -0.15) is 4.68 Å². The van der Waals surface area contributed by atoms with E-state index in [-0.39, 0.29) is 5.56 Å². The summed E-state index contributed by atoms with van der Waals surface area (Å²) in [5.74, 6) is 0.576. The van der Waals surface area contributed by atoms with Gasteiger partial charge in [-0.3, -0.25) is 4.79 Å². The summed E-state index contributed by atoms with van der Waals surface area (Å²) in [4.78, 5) is 14.8. The first-order valence-corrected chi connectivity index (χ1v) is 2.94. The van der Waals surface area contributed by atoms with E-state index in [9.17, 15) is 4.79 Å². The van der Waals surface area contributed by atoms with E-state index in [4.69, 9.17) is 0 Å². The summed E-state index contributed by atoms with van der Waals surface area (Å²) in [7, 11) is 0. The second-order valence-corrected chi connectivity index (χ2v) is 1.95. The zero-order chi connectivity index (χ0) is 6.97. The van der Waals surface area contributed by atoms with Gasteiger partial charge >= 0.3 is 0 Å². The summed E-state index contributed by atoms with van der Waals surface area (Å²) >= 11 is 0. The van der Waals surface area contributed by atoms with Crippen molar-refractivity contribution >= 4 is 5.95 Å². The predicted molar refractivity (Wildman–Crippen MR) is 36.3 cm³/mol. The topological polar surface area (TPSA) is 59.0 Å². The monoisotopic (exact) mass is 138 g/mol. The van der Waals surface area contributed by atoms with Crippen LogP contribution >= 0.6 is 0 Å². The van der Waals surface area contributed by atoms with Gasteiger partial charge in [-0.05, 0) is 0 Å². The van der Waals surface area contributed by atoms with Crippen LogP contribution in [0.2, 0.25) is 0 Å². The highest BCUT2D eigenvalue weighted by Gasteiger charge is 2.08. The largest absolute Gasteiger partial charge is 0.336 e. The highest BCUT2D eigenvalue weighted by atomic mass is 16.1. The van der Waals surface area contributed by atoms with Crippen LogP contribution in [0.1, 0.15) is 0 Å². The van der Waals surface area contributed by atoms with Crippen molar-refractivity contribution in [2.24, 2.45) is 0 Å². The molecule has 0 saturated heterocycles. The fourth-order valence-corrected chi connectivity index (χ4v) is 0.883. The van der Waals surface area contributed by atoms with Crippen LogP contribution in [0.3, 0.4) is 0 Å². The first-order valence-electron chi connectivity index (χ1n) is 2.94. The lowest BCUT2D eigenvalue weighted by Crippen LogP contribution is -2.23. The molecule has 2 heterocycles. The molecule has 10 heavy (non-hydrogen) atoms. The lowest BCUT2D eigenvalue weighted by molar-refractivity contribution is 0.888. The SMILES string of the molecule is O=c1ccnc2n1NCN2. The molecule has 2 rings (SSSR count). The number of hydrogen-bond donors (Lipinski definition) is 2. The molecule has 0 bridgehead atoms. The van der Waals surface area contributed by atoms with Crippen molar-refractivity contribution in [3.8, 4) is 0 Å². The number of anilines is 1. The molecule has 0 amide bonds. The molecule has 1 aromatic rings. The summed E-state index contributed by atoms with van der Waals surface area (Å²) in [5.41, 5.74) is 2.71. The van der Waals surface area contributed by atoms with Gasteiger partial charge in [-0.1, -0.05) is 0 Å². The average molecular weight is 138 g/mol. The van der Waals surface area contributed by atoms with Crippen molar-refractivity contribution in [1.82, 2.24) is 9.66 Å². The van der Waals surface area contributed by atoms with Crippen LogP contribution in [-0.2, 0) is 0 Å². The molecule has 0 aliphatic carbocycles. The van der Waals surface area contributed by atoms with Gasteiger partial charge in [0.15, 0.2) is 0 Å². The van der Waals surface area contributed by atoms with Crippen LogP contribution in [0.4, 0.5) is 5.95 Å². The Labute approximate surface area is 56.7 Å². The maximum Gasteiger partial charge on any atom is 0.273 e. The molecule has 5 heteroatoms. The van der Waals surface area contributed by atoms with Gasteiger partial charge in [0, 0.05) is 12.3 Å². The van der Waals surface area contributed by atoms with Gasteiger partial charge in [0.2, 0.25) is 5.95 Å². The molecule has 0 spiro atoms. The number of nitrogens with zero attached hydrogens (tertiary/aromatic N) is 2. The zero-order valence-corrected chi connectivity index (χ0v) is 5.16. The molecule has 0 radical (unpaired) electrons. The number of nitrogens with one attached hydrogen (secondary N) is 2. The Morgan fingerprint density at radius 3 is 3.40 bits per heavy atom. The maximum absolute atomic E-state index is 10.9. The third kappa shape index (κ3) is 0.570. The zero-order valence-electron chi connectivity index (χ0n) is 5.16. The first-order chi connectivity index (χ1) is 4.88. The number of hydrogen-bond acceptors (Lipinski definition) is 4. The quantitative estimate of drug-likeness (QED) is 0.491. The lowest BCUT2D eigenvalue weighted by atomic mass is 10.6. The molecular formula is C5H6N4O. The molecule has 1 aromatic heterocycles. The van der Waals surface area contributed by atoms with E-state index in [1.807, 2.05) is 0 Å². The van der Waals surface area contributed by atoms with Crippen LogP contribution in [0, 0.1) is 0 Å². The summed E-state index contributed by atoms with van der Waals surface area (Å²) in [6.45, 7) is 0.562. The minimum atomic E-state index is -0.0880. The van der Waals surface area contributed by atoms with Crippen molar-refractivity contribution in [2.75, 3.05) is 17.4 Å². The Kier molecular flexibility index (Phi) is 0.913. The van der Waals surface area contributed by atoms with Gasteiger partial charge in [-0.15, -0.1) is 0 Å². The highest BCUT2D eigenvalue weighted by molar-refractivity contribution is 5.30. The van der Waals surface area contributed by atoms with Crippen LogP contribution in [0.25, 0.3) is 0 Å². The van der Waals surface area contributed by atoms with Crippen LogP contribution in [0.5, 0.6) is 0 Å². The second kappa shape index (κ2) is 1.73. The third-order valence-electron chi connectivity index (χ3n) is 1.33. The van der Waals surface area contributed by atoms with Crippen molar-refractivity contribution < 1.29 is 0 Å². The van der Waals surface area contributed by atoms with E-state index in [1.54, 1.807) is 0 Å². The van der Waals surface area contributed by atoms with E-state index in [0.717, 1.165) is 0 Å². The van der Waals surface area contributed by atoms with Gasteiger partial charge in [0.25, 0.3) is 5.56 Å². The summed E-state index contributed by atoms with van der Waals surface area (Å²) in [6, 6.07) is 1.41. The second-order valence-electron chi connectivity index (χ2n) is 1.95. The molecule has 1 aliphatic rings. The average Bonchev–Trinajstić information content (AvgIpc) is 2.36. The fraction of sp³-hybridized carbons (Fsp3) is 0.200. The van der Waals surface area contributed by atoms with Crippen molar-refractivity contribution in [3.63, 3.8) is 0 Å². The molecular weight excluding hydrogens is 132 g/mol. The molecule has 0 saturated carbocycles. The molecule has 0 atom stereocenters. The summed E-state index contributed by atoms with van der Waals surface area (Å²) in [6.07, 6.45) is 1.48. The molecule has 0 aromatic carbocycles. The number of rotatable bonds is 0. The normalized spacial score (nSPS) is 13.6. The van der Waals surface area contributed by atoms with Crippen LogP contribution in [0.15, 0.2) is 17.1 Å². The van der Waals surface area contributed by atoms with Crippen LogP contribution in [-0.4, -0.2) is 16.3 Å². The van der Waals surface area contributed by atoms with Gasteiger partial charge in [-0.25, -0.2) is 4.98 Å². The minimum Gasteiger partial charge on any atom is -0.336 e. The standard InChI is InChI=1S/C5H6N4O/c10-4-1-2-6-5-7-3-8-9(4)5/h1-2,8H,3H2,(H,6,7). The molecule has 52 valence electrons. The molecule has 1 aliphatic heterocycles. The van der Waals surface area contributed by atoms with Crippen LogP contribution < -0.4 is 16.3 Å². The Bertz CT molecular complexity index is 305. The number of fused-ring (bicyclic) bond motifs is 1. The Morgan fingerprint density at radius 2 is 2.60 bits per heavy atom. The Hall–Kier alpha value is -1.52. The minimum absolute atomic E-state index is 0.0880. The summed E-state index contributed by atoms with van der Waals surface area (Å²) < 4.78 is 1.38. The Morgan fingerprint density at radius 1 is 1.70 bits per heavy atom. The smallest absolute Gasteiger partial charge is 0.273 e. The molecule has 5 nitrogen and oxygen atoms in total. The van der Waals surface area contributed by atoms with Gasteiger partial charge < -0.3 is 10.7 Å². The van der Waals surface area contributed by atoms with E-state index in [2.05, 4.69) is 15.7 Å². The maximum atomic E-state index is 10.9. The van der Waals surface area contributed by atoms with Crippen molar-refractivity contribution in [3.05, 3.63) is 22.6 Å². The molecule has 0 unspecified atom stereocenters. The third-order valence-corrected chi connectivity index (χ3v) is 1.33. The van der Waals surface area contributed by atoms with Crippen molar-refractivity contribution in [2.45, 2.75) is 0 Å². The van der Waals surface area contributed by atoms with E-state index < -0.39 is 0 Å². The van der Waals surface area contributed by atoms with E-state index in [0.29, 0.717) is 12.6 Å². The predicted octanol–water partition coefficient (Wildman–Crippen LogP) is -0.830. The van der Waals surface area contributed by atoms with E-state index in [1.165, 1.54) is 16.9 Å². The molecule has 2 N–H and O–H groups in total. The van der Waals surface area contributed by atoms with Gasteiger partial charge in [0.1, 0.15) is 6.67 Å². The molecule has 0 fully saturated rings.